The van der Waals surface area contributed by atoms with Crippen LogP contribution in [0, 0.1) is 5.92 Å². The first-order valence-electron chi connectivity index (χ1n) is 6.91. The molecule has 1 saturated heterocycles. The van der Waals surface area contributed by atoms with Crippen LogP contribution in [0.5, 0.6) is 0 Å². The average Bonchev–Trinajstić information content (AvgIpc) is 2.83. The van der Waals surface area contributed by atoms with Crippen molar-refractivity contribution in [2.75, 3.05) is 23.8 Å². The van der Waals surface area contributed by atoms with Gasteiger partial charge >= 0.3 is 0 Å². The molecule has 2 rings (SSSR count). The van der Waals surface area contributed by atoms with E-state index in [4.69, 9.17) is 10.5 Å². The van der Waals surface area contributed by atoms with Gasteiger partial charge in [0, 0.05) is 6.54 Å². The highest BCUT2D eigenvalue weighted by Gasteiger charge is 2.32. The molecule has 1 aliphatic heterocycles. The van der Waals surface area contributed by atoms with E-state index >= 15 is 0 Å². The van der Waals surface area contributed by atoms with Gasteiger partial charge in [0.05, 0.1) is 30.0 Å². The maximum Gasteiger partial charge on any atom is 0.232 e. The van der Waals surface area contributed by atoms with E-state index in [2.05, 4.69) is 6.92 Å². The van der Waals surface area contributed by atoms with Crippen molar-refractivity contribution in [2.24, 2.45) is 5.92 Å². The normalized spacial score (nSPS) is 22.4. The summed E-state index contributed by atoms with van der Waals surface area (Å²) < 4.78 is 5.50. The predicted molar refractivity (Wildman–Crippen MR) is 77.0 cm³/mol. The lowest BCUT2D eigenvalue weighted by Gasteiger charge is -2.26. The summed E-state index contributed by atoms with van der Waals surface area (Å²) in [5.74, 6) is 0.0882. The number of nitrogens with zero attached hydrogens (tertiary/aromatic N) is 1. The third-order valence-electron chi connectivity index (χ3n) is 3.49. The zero-order valence-electron chi connectivity index (χ0n) is 11.6. The summed E-state index contributed by atoms with van der Waals surface area (Å²) in [4.78, 5) is 14.4. The Balaban J connectivity index is 2.20. The topological polar surface area (TPSA) is 55.6 Å². The van der Waals surface area contributed by atoms with E-state index in [0.29, 0.717) is 18.8 Å². The monoisotopic (exact) mass is 262 g/mol. The maximum absolute atomic E-state index is 12.6. The van der Waals surface area contributed by atoms with Gasteiger partial charge in [-0.1, -0.05) is 19.1 Å². The van der Waals surface area contributed by atoms with Gasteiger partial charge in [-0.25, -0.2) is 0 Å². The molecule has 0 bridgehead atoms. The SMILES string of the molecule is CCCN(C(=O)C1COC(C)C1)c1ccccc1N. The van der Waals surface area contributed by atoms with Crippen molar-refractivity contribution in [3.05, 3.63) is 24.3 Å². The predicted octanol–water partition coefficient (Wildman–Crippen LogP) is 2.44. The van der Waals surface area contributed by atoms with Crippen LogP contribution in [0.25, 0.3) is 0 Å². The number of hydrogen-bond acceptors (Lipinski definition) is 3. The Labute approximate surface area is 114 Å². The lowest BCUT2D eigenvalue weighted by Crippen LogP contribution is -2.37. The standard InChI is InChI=1S/C15H22N2O2/c1-3-8-17(14-7-5-4-6-13(14)16)15(18)12-9-11(2)19-10-12/h4-7,11-12H,3,8-10,16H2,1-2H3. The first-order valence-corrected chi connectivity index (χ1v) is 6.91. The summed E-state index contributed by atoms with van der Waals surface area (Å²) in [6.07, 6.45) is 1.88. The average molecular weight is 262 g/mol. The fraction of sp³-hybridized carbons (Fsp3) is 0.533. The summed E-state index contributed by atoms with van der Waals surface area (Å²) in [7, 11) is 0. The molecule has 1 aliphatic rings. The summed E-state index contributed by atoms with van der Waals surface area (Å²) in [6.45, 7) is 5.28. The quantitative estimate of drug-likeness (QED) is 0.848. The second-order valence-corrected chi connectivity index (χ2v) is 5.13. The van der Waals surface area contributed by atoms with Gasteiger partial charge < -0.3 is 15.4 Å². The molecular formula is C15H22N2O2. The van der Waals surface area contributed by atoms with Gasteiger partial charge in [0.1, 0.15) is 0 Å². The van der Waals surface area contributed by atoms with Gasteiger partial charge in [-0.2, -0.15) is 0 Å². The van der Waals surface area contributed by atoms with Crippen molar-refractivity contribution in [1.82, 2.24) is 0 Å². The number of benzene rings is 1. The minimum atomic E-state index is -0.0406. The van der Waals surface area contributed by atoms with Crippen LogP contribution >= 0.6 is 0 Å². The van der Waals surface area contributed by atoms with E-state index in [9.17, 15) is 4.79 Å². The smallest absolute Gasteiger partial charge is 0.232 e. The number of hydrogen-bond donors (Lipinski definition) is 1. The Kier molecular flexibility index (Phi) is 4.43. The van der Waals surface area contributed by atoms with E-state index in [1.807, 2.05) is 31.2 Å². The molecule has 0 aliphatic carbocycles. The van der Waals surface area contributed by atoms with Gasteiger partial charge in [0.2, 0.25) is 5.91 Å². The zero-order valence-corrected chi connectivity index (χ0v) is 11.6. The molecule has 1 heterocycles. The molecule has 1 amide bonds. The number of anilines is 2. The molecule has 104 valence electrons. The van der Waals surface area contributed by atoms with Crippen LogP contribution in [-0.2, 0) is 9.53 Å². The first-order chi connectivity index (χ1) is 9.13. The Morgan fingerprint density at radius 3 is 2.79 bits per heavy atom. The lowest BCUT2D eigenvalue weighted by atomic mass is 10.0. The third kappa shape index (κ3) is 3.07. The number of carbonyl (C=O) groups is 1. The van der Waals surface area contributed by atoms with Crippen LogP contribution < -0.4 is 10.6 Å². The first kappa shape index (κ1) is 13.9. The van der Waals surface area contributed by atoms with Gasteiger partial charge in [-0.05, 0) is 31.9 Å². The molecule has 1 fully saturated rings. The fourth-order valence-electron chi connectivity index (χ4n) is 2.52. The molecule has 2 N–H and O–H groups in total. The minimum absolute atomic E-state index is 0.0406. The highest BCUT2D eigenvalue weighted by Crippen LogP contribution is 2.28. The highest BCUT2D eigenvalue weighted by atomic mass is 16.5. The lowest BCUT2D eigenvalue weighted by molar-refractivity contribution is -0.122. The van der Waals surface area contributed by atoms with Crippen molar-refractivity contribution in [3.63, 3.8) is 0 Å². The molecular weight excluding hydrogens is 240 g/mol. The van der Waals surface area contributed by atoms with Crippen LogP contribution in [0.4, 0.5) is 11.4 Å². The second kappa shape index (κ2) is 6.06. The van der Waals surface area contributed by atoms with Crippen LogP contribution in [0.1, 0.15) is 26.7 Å². The molecule has 0 spiro atoms. The molecule has 4 nitrogen and oxygen atoms in total. The van der Waals surface area contributed by atoms with E-state index in [0.717, 1.165) is 18.5 Å². The highest BCUT2D eigenvalue weighted by molar-refractivity contribution is 5.97. The molecule has 4 heteroatoms. The summed E-state index contributed by atoms with van der Waals surface area (Å²) in [5.41, 5.74) is 7.45. The number of nitrogens with two attached hydrogens (primary N) is 1. The third-order valence-corrected chi connectivity index (χ3v) is 3.49. The number of amides is 1. The number of rotatable bonds is 4. The Bertz CT molecular complexity index is 448. The van der Waals surface area contributed by atoms with Crippen molar-refractivity contribution < 1.29 is 9.53 Å². The fourth-order valence-corrected chi connectivity index (χ4v) is 2.52. The van der Waals surface area contributed by atoms with Crippen molar-refractivity contribution in [1.29, 1.82) is 0 Å². The van der Waals surface area contributed by atoms with Gasteiger partial charge in [0.15, 0.2) is 0 Å². The van der Waals surface area contributed by atoms with Gasteiger partial charge in [0.25, 0.3) is 0 Å². The van der Waals surface area contributed by atoms with Gasteiger partial charge in [-0.15, -0.1) is 0 Å². The van der Waals surface area contributed by atoms with E-state index in [-0.39, 0.29) is 17.9 Å². The zero-order chi connectivity index (χ0) is 13.8. The van der Waals surface area contributed by atoms with Crippen molar-refractivity contribution >= 4 is 17.3 Å². The largest absolute Gasteiger partial charge is 0.397 e. The maximum atomic E-state index is 12.6. The van der Waals surface area contributed by atoms with Crippen molar-refractivity contribution in [2.45, 2.75) is 32.8 Å². The van der Waals surface area contributed by atoms with Crippen molar-refractivity contribution in [3.8, 4) is 0 Å². The van der Waals surface area contributed by atoms with Crippen LogP contribution in [0.2, 0.25) is 0 Å². The summed E-state index contributed by atoms with van der Waals surface area (Å²) >= 11 is 0. The molecule has 0 saturated carbocycles. The van der Waals surface area contributed by atoms with Gasteiger partial charge in [-0.3, -0.25) is 4.79 Å². The minimum Gasteiger partial charge on any atom is -0.397 e. The second-order valence-electron chi connectivity index (χ2n) is 5.13. The molecule has 0 aromatic heterocycles. The number of nitrogen functional groups attached to an aromatic ring is 1. The van der Waals surface area contributed by atoms with E-state index in [1.54, 1.807) is 4.90 Å². The summed E-state index contributed by atoms with van der Waals surface area (Å²) in [6, 6.07) is 7.53. The van der Waals surface area contributed by atoms with E-state index < -0.39 is 0 Å². The summed E-state index contributed by atoms with van der Waals surface area (Å²) in [5, 5.41) is 0. The molecule has 1 aromatic carbocycles. The molecule has 2 unspecified atom stereocenters. The van der Waals surface area contributed by atoms with Crippen LogP contribution in [0.3, 0.4) is 0 Å². The molecule has 2 atom stereocenters. The Morgan fingerprint density at radius 2 is 2.21 bits per heavy atom. The van der Waals surface area contributed by atoms with Crippen LogP contribution in [-0.4, -0.2) is 25.2 Å². The van der Waals surface area contributed by atoms with Crippen LogP contribution in [0.15, 0.2) is 24.3 Å². The van der Waals surface area contributed by atoms with E-state index in [1.165, 1.54) is 0 Å². The number of ether oxygens (including phenoxy) is 1. The number of carbonyl (C=O) groups excluding carboxylic acids is 1. The number of para-hydroxylation sites is 2. The Hall–Kier alpha value is -1.55. The molecule has 1 aromatic rings. The molecule has 19 heavy (non-hydrogen) atoms. The molecule has 0 radical (unpaired) electrons. The Morgan fingerprint density at radius 1 is 1.47 bits per heavy atom.